The number of benzene rings is 1. The second-order valence-corrected chi connectivity index (χ2v) is 4.13. The van der Waals surface area contributed by atoms with Crippen molar-refractivity contribution >= 4 is 0 Å². The number of aliphatic hydroxyl groups excluding tert-OH is 1. The Morgan fingerprint density at radius 2 is 2.19 bits per heavy atom. The smallest absolute Gasteiger partial charge is 0.133 e. The van der Waals surface area contributed by atoms with Crippen LogP contribution in [0, 0.1) is 11.6 Å². The highest BCUT2D eigenvalue weighted by molar-refractivity contribution is 5.45. The van der Waals surface area contributed by atoms with Crippen LogP contribution in [-0.2, 0) is 12.8 Å². The standard InChI is InChI=1S/C12H14F2O2/c1-7(15)5-9-11(14)6-10(13)8-3-2-4-16-12(8)9/h6-7,15H,2-5H2,1H3. The zero-order valence-electron chi connectivity index (χ0n) is 9.09. The molecular formula is C12H14F2O2. The Bertz CT molecular complexity index is 402. The lowest BCUT2D eigenvalue weighted by molar-refractivity contribution is 0.190. The van der Waals surface area contributed by atoms with Gasteiger partial charge in [0.15, 0.2) is 0 Å². The third-order valence-electron chi connectivity index (χ3n) is 2.70. The van der Waals surface area contributed by atoms with Gasteiger partial charge in [0, 0.05) is 23.6 Å². The maximum absolute atomic E-state index is 13.6. The van der Waals surface area contributed by atoms with E-state index in [0.29, 0.717) is 24.3 Å². The molecule has 1 aromatic carbocycles. The topological polar surface area (TPSA) is 29.5 Å². The maximum atomic E-state index is 13.6. The van der Waals surface area contributed by atoms with E-state index < -0.39 is 17.7 Å². The lowest BCUT2D eigenvalue weighted by Gasteiger charge is -2.22. The van der Waals surface area contributed by atoms with Crippen LogP contribution in [0.15, 0.2) is 6.07 Å². The summed E-state index contributed by atoms with van der Waals surface area (Å²) in [4.78, 5) is 0. The molecule has 0 saturated heterocycles. The average Bonchev–Trinajstić information content (AvgIpc) is 2.24. The second kappa shape index (κ2) is 4.37. The van der Waals surface area contributed by atoms with E-state index in [-0.39, 0.29) is 12.0 Å². The van der Waals surface area contributed by atoms with Gasteiger partial charge >= 0.3 is 0 Å². The van der Waals surface area contributed by atoms with E-state index in [1.807, 2.05) is 0 Å². The predicted molar refractivity (Wildman–Crippen MR) is 55.6 cm³/mol. The number of hydrogen-bond donors (Lipinski definition) is 1. The summed E-state index contributed by atoms with van der Waals surface area (Å²) in [6.07, 6.45) is 0.779. The van der Waals surface area contributed by atoms with Crippen LogP contribution < -0.4 is 4.74 Å². The third kappa shape index (κ3) is 2.02. The molecule has 0 spiro atoms. The molecule has 16 heavy (non-hydrogen) atoms. The average molecular weight is 228 g/mol. The fourth-order valence-corrected chi connectivity index (χ4v) is 2.00. The van der Waals surface area contributed by atoms with E-state index in [1.165, 1.54) is 0 Å². The summed E-state index contributed by atoms with van der Waals surface area (Å²) in [7, 11) is 0. The monoisotopic (exact) mass is 228 g/mol. The fraction of sp³-hybridized carbons (Fsp3) is 0.500. The zero-order chi connectivity index (χ0) is 11.7. The first-order valence-corrected chi connectivity index (χ1v) is 5.40. The summed E-state index contributed by atoms with van der Waals surface area (Å²) in [6.45, 7) is 2.04. The number of rotatable bonds is 2. The summed E-state index contributed by atoms with van der Waals surface area (Å²) in [6, 6.07) is 0.880. The van der Waals surface area contributed by atoms with Crippen LogP contribution in [0.2, 0.25) is 0 Å². The van der Waals surface area contributed by atoms with Gasteiger partial charge in [0.25, 0.3) is 0 Å². The summed E-state index contributed by atoms with van der Waals surface area (Å²) in [5.74, 6) is -0.898. The molecule has 1 N–H and O–H groups in total. The highest BCUT2D eigenvalue weighted by Gasteiger charge is 2.23. The Hall–Kier alpha value is -1.16. The predicted octanol–water partition coefficient (Wildman–Crippen LogP) is 2.21. The van der Waals surface area contributed by atoms with E-state index >= 15 is 0 Å². The zero-order valence-corrected chi connectivity index (χ0v) is 9.09. The maximum Gasteiger partial charge on any atom is 0.133 e. The largest absolute Gasteiger partial charge is 0.493 e. The molecule has 0 aromatic heterocycles. The molecule has 88 valence electrons. The van der Waals surface area contributed by atoms with Crippen LogP contribution in [0.25, 0.3) is 0 Å². The van der Waals surface area contributed by atoms with Crippen LogP contribution in [0.4, 0.5) is 8.78 Å². The molecule has 0 amide bonds. The van der Waals surface area contributed by atoms with E-state index in [0.717, 1.165) is 12.5 Å². The molecule has 1 aromatic rings. The number of halogens is 2. The van der Waals surface area contributed by atoms with Crippen LogP contribution in [0.3, 0.4) is 0 Å². The number of aliphatic hydroxyl groups is 1. The van der Waals surface area contributed by atoms with Gasteiger partial charge in [0.1, 0.15) is 17.4 Å². The Kier molecular flexibility index (Phi) is 3.10. The first-order chi connectivity index (χ1) is 7.59. The van der Waals surface area contributed by atoms with E-state index in [9.17, 15) is 13.9 Å². The van der Waals surface area contributed by atoms with Gasteiger partial charge in [-0.15, -0.1) is 0 Å². The second-order valence-electron chi connectivity index (χ2n) is 4.13. The van der Waals surface area contributed by atoms with Crippen molar-refractivity contribution in [2.45, 2.75) is 32.3 Å². The Morgan fingerprint density at radius 1 is 1.44 bits per heavy atom. The molecule has 1 atom stereocenters. The van der Waals surface area contributed by atoms with Crippen molar-refractivity contribution < 1.29 is 18.6 Å². The summed E-state index contributed by atoms with van der Waals surface area (Å²) < 4.78 is 32.4. The number of hydrogen-bond acceptors (Lipinski definition) is 2. The molecule has 0 aliphatic carbocycles. The van der Waals surface area contributed by atoms with E-state index in [1.54, 1.807) is 6.92 Å². The quantitative estimate of drug-likeness (QED) is 0.841. The molecule has 0 fully saturated rings. The lowest BCUT2D eigenvalue weighted by atomic mass is 9.98. The van der Waals surface area contributed by atoms with Crippen LogP contribution in [-0.4, -0.2) is 17.8 Å². The molecule has 0 saturated carbocycles. The highest BCUT2D eigenvalue weighted by atomic mass is 19.1. The minimum atomic E-state index is -0.672. The van der Waals surface area contributed by atoms with E-state index in [4.69, 9.17) is 4.74 Å². The van der Waals surface area contributed by atoms with Crippen molar-refractivity contribution in [1.29, 1.82) is 0 Å². The lowest BCUT2D eigenvalue weighted by Crippen LogP contribution is -2.16. The van der Waals surface area contributed by atoms with Gasteiger partial charge < -0.3 is 9.84 Å². The third-order valence-corrected chi connectivity index (χ3v) is 2.70. The van der Waals surface area contributed by atoms with Gasteiger partial charge in [-0.3, -0.25) is 0 Å². The van der Waals surface area contributed by atoms with Crippen molar-refractivity contribution in [2.24, 2.45) is 0 Å². The first kappa shape index (κ1) is 11.3. The molecule has 1 aliphatic rings. The van der Waals surface area contributed by atoms with Gasteiger partial charge in [0.2, 0.25) is 0 Å². The Balaban J connectivity index is 2.50. The molecule has 4 heteroatoms. The Morgan fingerprint density at radius 3 is 2.88 bits per heavy atom. The van der Waals surface area contributed by atoms with Crippen LogP contribution in [0.1, 0.15) is 24.5 Å². The molecule has 0 bridgehead atoms. The molecular weight excluding hydrogens is 214 g/mol. The molecule has 0 radical (unpaired) electrons. The minimum Gasteiger partial charge on any atom is -0.493 e. The van der Waals surface area contributed by atoms with Crippen LogP contribution >= 0.6 is 0 Å². The van der Waals surface area contributed by atoms with E-state index in [2.05, 4.69) is 0 Å². The minimum absolute atomic E-state index is 0.147. The van der Waals surface area contributed by atoms with Crippen LogP contribution in [0.5, 0.6) is 5.75 Å². The molecule has 2 nitrogen and oxygen atoms in total. The van der Waals surface area contributed by atoms with Gasteiger partial charge in [0.05, 0.1) is 12.7 Å². The van der Waals surface area contributed by atoms with Gasteiger partial charge in [-0.05, 0) is 19.8 Å². The van der Waals surface area contributed by atoms with Gasteiger partial charge in [-0.1, -0.05) is 0 Å². The van der Waals surface area contributed by atoms with Crippen molar-refractivity contribution in [3.05, 3.63) is 28.8 Å². The van der Waals surface area contributed by atoms with Crippen molar-refractivity contribution in [3.63, 3.8) is 0 Å². The number of ether oxygens (including phenoxy) is 1. The SMILES string of the molecule is CC(O)Cc1c(F)cc(F)c2c1OCCC2. The molecule has 1 aliphatic heterocycles. The summed E-state index contributed by atoms with van der Waals surface area (Å²) >= 11 is 0. The number of fused-ring (bicyclic) bond motifs is 1. The van der Waals surface area contributed by atoms with Crippen molar-refractivity contribution in [1.82, 2.24) is 0 Å². The van der Waals surface area contributed by atoms with Gasteiger partial charge in [-0.25, -0.2) is 8.78 Å². The van der Waals surface area contributed by atoms with Gasteiger partial charge in [-0.2, -0.15) is 0 Å². The highest BCUT2D eigenvalue weighted by Crippen LogP contribution is 2.33. The normalized spacial score (nSPS) is 16.5. The molecule has 1 heterocycles. The first-order valence-electron chi connectivity index (χ1n) is 5.40. The molecule has 2 rings (SSSR count). The van der Waals surface area contributed by atoms with Crippen molar-refractivity contribution in [2.75, 3.05) is 6.61 Å². The summed E-state index contributed by atoms with van der Waals surface area (Å²) in [5.41, 5.74) is 0.717. The Labute approximate surface area is 92.9 Å². The fourth-order valence-electron chi connectivity index (χ4n) is 2.00. The van der Waals surface area contributed by atoms with Crippen molar-refractivity contribution in [3.8, 4) is 5.75 Å². The summed E-state index contributed by atoms with van der Waals surface area (Å²) in [5, 5.41) is 9.29. The molecule has 1 unspecified atom stereocenters.